The third-order valence-corrected chi connectivity index (χ3v) is 2.52. The Morgan fingerprint density at radius 3 is 2.88 bits per heavy atom. The summed E-state index contributed by atoms with van der Waals surface area (Å²) in [5.74, 6) is -1.04. The zero-order chi connectivity index (χ0) is 12.1. The average molecular weight is 230 g/mol. The molecule has 6 nitrogen and oxygen atoms in total. The van der Waals surface area contributed by atoms with Crippen LogP contribution < -0.4 is 5.32 Å². The van der Waals surface area contributed by atoms with E-state index in [-0.39, 0.29) is 18.6 Å². The van der Waals surface area contributed by atoms with Crippen LogP contribution in [-0.2, 0) is 14.3 Å². The van der Waals surface area contributed by atoms with Crippen molar-refractivity contribution in [2.45, 2.75) is 26.0 Å². The molecule has 1 heterocycles. The summed E-state index contributed by atoms with van der Waals surface area (Å²) in [7, 11) is 0. The van der Waals surface area contributed by atoms with Gasteiger partial charge in [-0.05, 0) is 13.8 Å². The van der Waals surface area contributed by atoms with Gasteiger partial charge in [-0.2, -0.15) is 0 Å². The second-order valence-electron chi connectivity index (χ2n) is 3.96. The first-order valence-electron chi connectivity index (χ1n) is 5.36. The average Bonchev–Trinajstić information content (AvgIpc) is 2.25. The Labute approximate surface area is 94.6 Å². The lowest BCUT2D eigenvalue weighted by Gasteiger charge is -2.31. The molecule has 0 radical (unpaired) electrons. The molecule has 0 aromatic rings. The summed E-state index contributed by atoms with van der Waals surface area (Å²) in [4.78, 5) is 23.9. The SMILES string of the molecule is CC1CN(C(=O)CN[C@H](C)C(=O)O)CCO1. The smallest absolute Gasteiger partial charge is 0.320 e. The van der Waals surface area contributed by atoms with Gasteiger partial charge in [-0.15, -0.1) is 0 Å². The number of nitrogens with one attached hydrogen (secondary N) is 1. The Kier molecular flexibility index (Phi) is 4.70. The molecule has 1 aliphatic rings. The topological polar surface area (TPSA) is 78.9 Å². The Hall–Kier alpha value is -1.14. The summed E-state index contributed by atoms with van der Waals surface area (Å²) in [6, 6.07) is -0.706. The van der Waals surface area contributed by atoms with E-state index >= 15 is 0 Å². The quantitative estimate of drug-likeness (QED) is 0.667. The monoisotopic (exact) mass is 230 g/mol. The fourth-order valence-corrected chi connectivity index (χ4v) is 1.48. The van der Waals surface area contributed by atoms with Gasteiger partial charge >= 0.3 is 5.97 Å². The molecule has 1 rings (SSSR count). The summed E-state index contributed by atoms with van der Waals surface area (Å²) in [5, 5.41) is 11.3. The van der Waals surface area contributed by atoms with Crippen molar-refractivity contribution in [1.82, 2.24) is 10.2 Å². The zero-order valence-electron chi connectivity index (χ0n) is 9.60. The number of rotatable bonds is 4. The number of amides is 1. The van der Waals surface area contributed by atoms with E-state index in [0.29, 0.717) is 19.7 Å². The Balaban J connectivity index is 2.31. The van der Waals surface area contributed by atoms with Gasteiger partial charge in [-0.25, -0.2) is 0 Å². The van der Waals surface area contributed by atoms with Crippen molar-refractivity contribution in [2.24, 2.45) is 0 Å². The third kappa shape index (κ3) is 3.79. The molecule has 1 aliphatic heterocycles. The van der Waals surface area contributed by atoms with Crippen molar-refractivity contribution in [2.75, 3.05) is 26.2 Å². The lowest BCUT2D eigenvalue weighted by molar-refractivity contribution is -0.140. The van der Waals surface area contributed by atoms with Gasteiger partial charge in [-0.3, -0.25) is 14.9 Å². The van der Waals surface area contributed by atoms with Crippen molar-refractivity contribution in [1.29, 1.82) is 0 Å². The number of morpholine rings is 1. The van der Waals surface area contributed by atoms with Gasteiger partial charge in [0.1, 0.15) is 6.04 Å². The molecule has 0 aliphatic carbocycles. The predicted octanol–water partition coefficient (Wildman–Crippen LogP) is -0.704. The van der Waals surface area contributed by atoms with Crippen LogP contribution in [0.4, 0.5) is 0 Å². The molecule has 0 aromatic heterocycles. The fourth-order valence-electron chi connectivity index (χ4n) is 1.48. The number of carboxylic acid groups (broad SMARTS) is 1. The number of carbonyl (C=O) groups excluding carboxylic acids is 1. The number of carboxylic acids is 1. The molecule has 0 aromatic carbocycles. The molecule has 16 heavy (non-hydrogen) atoms. The zero-order valence-corrected chi connectivity index (χ0v) is 9.60. The van der Waals surface area contributed by atoms with E-state index in [2.05, 4.69) is 5.32 Å². The van der Waals surface area contributed by atoms with Crippen molar-refractivity contribution >= 4 is 11.9 Å². The standard InChI is InChI=1S/C10H18N2O4/c1-7-6-12(3-4-16-7)9(13)5-11-8(2)10(14)15/h7-8,11H,3-6H2,1-2H3,(H,14,15)/t7?,8-/m1/s1. The molecule has 0 spiro atoms. The van der Waals surface area contributed by atoms with Crippen molar-refractivity contribution in [3.63, 3.8) is 0 Å². The normalized spacial score (nSPS) is 22.9. The molecule has 92 valence electrons. The lowest BCUT2D eigenvalue weighted by Crippen LogP contribution is -2.49. The maximum absolute atomic E-state index is 11.7. The molecule has 1 saturated heterocycles. The van der Waals surface area contributed by atoms with Crippen molar-refractivity contribution in [3.05, 3.63) is 0 Å². The van der Waals surface area contributed by atoms with Crippen LogP contribution in [0.2, 0.25) is 0 Å². The first kappa shape index (κ1) is 12.9. The first-order chi connectivity index (χ1) is 7.50. The van der Waals surface area contributed by atoms with Crippen LogP contribution in [0.25, 0.3) is 0 Å². The molecular formula is C10H18N2O4. The van der Waals surface area contributed by atoms with E-state index in [9.17, 15) is 9.59 Å². The van der Waals surface area contributed by atoms with Crippen LogP contribution in [0.3, 0.4) is 0 Å². The Morgan fingerprint density at radius 1 is 1.62 bits per heavy atom. The van der Waals surface area contributed by atoms with Crippen LogP contribution in [0, 0.1) is 0 Å². The van der Waals surface area contributed by atoms with Gasteiger partial charge < -0.3 is 14.7 Å². The highest BCUT2D eigenvalue weighted by molar-refractivity contribution is 5.80. The van der Waals surface area contributed by atoms with E-state index in [0.717, 1.165) is 0 Å². The molecule has 1 unspecified atom stereocenters. The Bertz CT molecular complexity index is 270. The van der Waals surface area contributed by atoms with Gasteiger partial charge in [-0.1, -0.05) is 0 Å². The van der Waals surface area contributed by atoms with Crippen LogP contribution in [0.5, 0.6) is 0 Å². The minimum Gasteiger partial charge on any atom is -0.480 e. The van der Waals surface area contributed by atoms with Gasteiger partial charge in [0.15, 0.2) is 0 Å². The van der Waals surface area contributed by atoms with E-state index < -0.39 is 12.0 Å². The molecule has 1 amide bonds. The van der Waals surface area contributed by atoms with E-state index in [4.69, 9.17) is 9.84 Å². The summed E-state index contributed by atoms with van der Waals surface area (Å²) in [5.41, 5.74) is 0. The number of hydrogen-bond acceptors (Lipinski definition) is 4. The van der Waals surface area contributed by atoms with Crippen LogP contribution >= 0.6 is 0 Å². The largest absolute Gasteiger partial charge is 0.480 e. The molecule has 1 fully saturated rings. The summed E-state index contributed by atoms with van der Waals surface area (Å²) >= 11 is 0. The Morgan fingerprint density at radius 2 is 2.31 bits per heavy atom. The highest BCUT2D eigenvalue weighted by atomic mass is 16.5. The van der Waals surface area contributed by atoms with E-state index in [1.165, 1.54) is 6.92 Å². The highest BCUT2D eigenvalue weighted by Crippen LogP contribution is 2.04. The molecule has 0 saturated carbocycles. The second-order valence-corrected chi connectivity index (χ2v) is 3.96. The summed E-state index contributed by atoms with van der Waals surface area (Å²) in [6.45, 7) is 5.17. The van der Waals surface area contributed by atoms with Crippen LogP contribution in [0.1, 0.15) is 13.8 Å². The van der Waals surface area contributed by atoms with E-state index in [1.54, 1.807) is 4.90 Å². The first-order valence-corrected chi connectivity index (χ1v) is 5.36. The molecular weight excluding hydrogens is 212 g/mol. The highest BCUT2D eigenvalue weighted by Gasteiger charge is 2.22. The third-order valence-electron chi connectivity index (χ3n) is 2.52. The molecule has 6 heteroatoms. The van der Waals surface area contributed by atoms with Crippen molar-refractivity contribution in [3.8, 4) is 0 Å². The van der Waals surface area contributed by atoms with Gasteiger partial charge in [0.25, 0.3) is 0 Å². The van der Waals surface area contributed by atoms with Crippen molar-refractivity contribution < 1.29 is 19.4 Å². The fraction of sp³-hybridized carbons (Fsp3) is 0.800. The number of ether oxygens (including phenoxy) is 1. The van der Waals surface area contributed by atoms with Gasteiger partial charge in [0.2, 0.25) is 5.91 Å². The van der Waals surface area contributed by atoms with Gasteiger partial charge in [0.05, 0.1) is 19.3 Å². The second kappa shape index (κ2) is 5.81. The molecule has 2 atom stereocenters. The van der Waals surface area contributed by atoms with E-state index in [1.807, 2.05) is 6.92 Å². The maximum Gasteiger partial charge on any atom is 0.320 e. The van der Waals surface area contributed by atoms with Gasteiger partial charge in [0, 0.05) is 13.1 Å². The minimum absolute atomic E-state index is 0.0506. The summed E-state index contributed by atoms with van der Waals surface area (Å²) in [6.07, 6.45) is 0.0506. The summed E-state index contributed by atoms with van der Waals surface area (Å²) < 4.78 is 5.31. The number of carbonyl (C=O) groups is 2. The lowest BCUT2D eigenvalue weighted by atomic mass is 10.3. The van der Waals surface area contributed by atoms with Crippen LogP contribution in [0.15, 0.2) is 0 Å². The maximum atomic E-state index is 11.7. The predicted molar refractivity (Wildman–Crippen MR) is 57.1 cm³/mol. The number of nitrogens with zero attached hydrogens (tertiary/aromatic N) is 1. The van der Waals surface area contributed by atoms with Crippen LogP contribution in [-0.4, -0.2) is 60.3 Å². The molecule has 2 N–H and O–H groups in total. The minimum atomic E-state index is -0.955. The number of hydrogen-bond donors (Lipinski definition) is 2. The molecule has 0 bridgehead atoms. The number of aliphatic carboxylic acids is 1.